The fourth-order valence-electron chi connectivity index (χ4n) is 9.95. The lowest BCUT2D eigenvalue weighted by Gasteiger charge is -2.30. The van der Waals surface area contributed by atoms with Crippen molar-refractivity contribution >= 4 is 55.4 Å². The number of esters is 2. The molecule has 0 aromatic heterocycles. The molecule has 4 heterocycles. The largest absolute Gasteiger partial charge is 0.460 e. The Morgan fingerprint density at radius 3 is 1.36 bits per heavy atom. The molecule has 10 nitrogen and oxygen atoms in total. The molecule has 0 amide bonds. The molecule has 12 heteroatoms. The molecule has 0 spiro atoms. The summed E-state index contributed by atoms with van der Waals surface area (Å²) in [6, 6.07) is 33.2. The maximum Gasteiger partial charge on any atom is 0.344 e. The number of hydrogen-bond acceptors (Lipinski definition) is 10. The highest BCUT2D eigenvalue weighted by Crippen LogP contribution is 2.57. The van der Waals surface area contributed by atoms with Gasteiger partial charge in [-0.3, -0.25) is 9.59 Å². The molecule has 2 aliphatic carbocycles. The predicted octanol–water partition coefficient (Wildman–Crippen LogP) is 11.9. The van der Waals surface area contributed by atoms with Gasteiger partial charge in [0.2, 0.25) is 12.6 Å². The van der Waals surface area contributed by atoms with Gasteiger partial charge < -0.3 is 28.4 Å². The molecule has 0 radical (unpaired) electrons. The zero-order chi connectivity index (χ0) is 44.0. The molecule has 4 bridgehead atoms. The van der Waals surface area contributed by atoms with Gasteiger partial charge in [-0.15, -0.1) is 0 Å². The number of benzene rings is 6. The smallest absolute Gasteiger partial charge is 0.344 e. The van der Waals surface area contributed by atoms with Gasteiger partial charge in [0.25, 0.3) is 0 Å². The van der Waals surface area contributed by atoms with E-state index in [2.05, 4.69) is 45.7 Å². The molecule has 6 atom stereocenters. The molecule has 6 aromatic rings. The number of ether oxygens (including phenoxy) is 6. The minimum Gasteiger partial charge on any atom is -0.460 e. The summed E-state index contributed by atoms with van der Waals surface area (Å²) in [4.78, 5) is 51.6. The second kappa shape index (κ2) is 16.0. The Morgan fingerprint density at radius 2 is 0.938 bits per heavy atom. The number of carbonyl (C=O) groups is 4. The van der Waals surface area contributed by atoms with Crippen molar-refractivity contribution in [3.63, 3.8) is 0 Å². The van der Waals surface area contributed by atoms with E-state index >= 15 is 0 Å². The van der Waals surface area contributed by atoms with Crippen LogP contribution < -0.4 is 18.9 Å². The van der Waals surface area contributed by atoms with E-state index in [1.807, 2.05) is 60.7 Å². The molecule has 6 aliphatic rings. The zero-order valence-electron chi connectivity index (χ0n) is 34.5. The summed E-state index contributed by atoms with van der Waals surface area (Å²) in [6.45, 7) is 4.19. The van der Waals surface area contributed by atoms with Gasteiger partial charge in [-0.25, -0.2) is 9.59 Å². The monoisotopic (exact) mass is 980 g/mol. The number of halogens is 2. The van der Waals surface area contributed by atoms with Crippen LogP contribution in [0.5, 0.6) is 23.0 Å². The quantitative estimate of drug-likeness (QED) is 0.125. The Balaban J connectivity index is 0.000000143. The average molecular weight is 983 g/mol. The van der Waals surface area contributed by atoms with E-state index in [-0.39, 0.29) is 11.6 Å². The Bertz CT molecular complexity index is 2800. The Hall–Kier alpha value is -5.92. The van der Waals surface area contributed by atoms with E-state index in [0.29, 0.717) is 78.9 Å². The third-order valence-corrected chi connectivity index (χ3v) is 14.1. The Kier molecular flexibility index (Phi) is 10.2. The minimum absolute atomic E-state index is 0.131. The molecule has 0 saturated heterocycles. The van der Waals surface area contributed by atoms with Crippen LogP contribution in [-0.4, -0.2) is 23.5 Å². The van der Waals surface area contributed by atoms with Crippen LogP contribution in [0.4, 0.5) is 0 Å². The van der Waals surface area contributed by atoms with E-state index in [9.17, 15) is 19.2 Å². The molecule has 0 unspecified atom stereocenters. The van der Waals surface area contributed by atoms with E-state index < -0.39 is 36.7 Å². The second-order valence-corrected chi connectivity index (χ2v) is 18.8. The van der Waals surface area contributed by atoms with Gasteiger partial charge in [0, 0.05) is 44.0 Å². The third kappa shape index (κ3) is 6.81. The van der Waals surface area contributed by atoms with Crippen molar-refractivity contribution in [2.45, 2.75) is 64.3 Å². The number of fused-ring (bicyclic) bond motifs is 18. The van der Waals surface area contributed by atoms with E-state index in [4.69, 9.17) is 28.4 Å². The summed E-state index contributed by atoms with van der Waals surface area (Å²) in [7, 11) is 0. The van der Waals surface area contributed by atoms with Crippen molar-refractivity contribution in [1.29, 1.82) is 0 Å². The molecule has 0 saturated carbocycles. The first-order chi connectivity index (χ1) is 31.0. The van der Waals surface area contributed by atoms with E-state index in [0.717, 1.165) is 57.3 Å². The molecular formula is C52H38Br2O10. The third-order valence-electron chi connectivity index (χ3n) is 12.7. The molecule has 320 valence electrons. The van der Waals surface area contributed by atoms with Gasteiger partial charge >= 0.3 is 11.9 Å². The van der Waals surface area contributed by atoms with Gasteiger partial charge in [-0.2, -0.15) is 0 Å². The van der Waals surface area contributed by atoms with Gasteiger partial charge in [0.1, 0.15) is 35.2 Å². The standard InChI is InChI=1S/2C26H19BrO5/c2*1-13-11-14-9-10-20-23(21(14)18(28)12-13)24-16-6-4-8-19(22(16)26(31-20)32-24)30-25(29)15-5-2-3-7-17(15)27/h2*2-10,13,24,26H,11-12H2,1H3/t13-,24+,26-;13-,24-,26+/m00/s1. The summed E-state index contributed by atoms with van der Waals surface area (Å²) < 4.78 is 37.6. The number of Topliss-reactive ketones (excluding diaryl/α,β-unsaturated/α-hetero) is 2. The summed E-state index contributed by atoms with van der Waals surface area (Å²) in [5.74, 6) is 2.10. The normalized spacial score (nSPS) is 22.4. The lowest BCUT2D eigenvalue weighted by atomic mass is 9.79. The van der Waals surface area contributed by atoms with E-state index in [1.165, 1.54) is 0 Å². The molecule has 0 N–H and O–H groups in total. The van der Waals surface area contributed by atoms with Crippen molar-refractivity contribution in [3.8, 4) is 23.0 Å². The zero-order valence-corrected chi connectivity index (χ0v) is 37.7. The summed E-state index contributed by atoms with van der Waals surface area (Å²) in [5, 5.41) is 0. The number of carbonyl (C=O) groups excluding carboxylic acids is 4. The molecule has 4 aliphatic heterocycles. The molecule has 6 aromatic carbocycles. The van der Waals surface area contributed by atoms with E-state index in [1.54, 1.807) is 48.5 Å². The van der Waals surface area contributed by atoms with Crippen LogP contribution in [0.1, 0.15) is 137 Å². The van der Waals surface area contributed by atoms with Crippen molar-refractivity contribution in [2.24, 2.45) is 11.8 Å². The maximum absolute atomic E-state index is 13.0. The highest BCUT2D eigenvalue weighted by atomic mass is 79.9. The second-order valence-electron chi connectivity index (χ2n) is 17.1. The lowest BCUT2D eigenvalue weighted by Crippen LogP contribution is -2.24. The lowest BCUT2D eigenvalue weighted by molar-refractivity contribution is -0.111. The molecule has 64 heavy (non-hydrogen) atoms. The first kappa shape index (κ1) is 40.8. The van der Waals surface area contributed by atoms with Crippen molar-refractivity contribution < 1.29 is 47.6 Å². The van der Waals surface area contributed by atoms with Crippen molar-refractivity contribution in [1.82, 2.24) is 0 Å². The number of hydrogen-bond donors (Lipinski definition) is 0. The van der Waals surface area contributed by atoms with Crippen molar-refractivity contribution in [2.75, 3.05) is 0 Å². The van der Waals surface area contributed by atoms with Crippen LogP contribution in [0.2, 0.25) is 0 Å². The van der Waals surface area contributed by atoms with Crippen LogP contribution in [-0.2, 0) is 22.3 Å². The van der Waals surface area contributed by atoms with Crippen LogP contribution in [0.15, 0.2) is 118 Å². The van der Waals surface area contributed by atoms with Gasteiger partial charge in [-0.1, -0.05) is 74.5 Å². The predicted molar refractivity (Wildman–Crippen MR) is 240 cm³/mol. The fourth-order valence-corrected chi connectivity index (χ4v) is 10.8. The fraction of sp³-hybridized carbons (Fsp3) is 0.231. The maximum atomic E-state index is 13.0. The van der Waals surface area contributed by atoms with Crippen LogP contribution in [0.25, 0.3) is 0 Å². The van der Waals surface area contributed by atoms with Gasteiger partial charge in [0.05, 0.1) is 22.3 Å². The first-order valence-electron chi connectivity index (χ1n) is 21.2. The minimum atomic E-state index is -0.693. The SMILES string of the molecule is C[C@@H]1CC(=O)c2c(ccc3c2[C@@H]2O[C@H](O3)c3c(OC(=O)c4ccccc4Br)cccc32)C1.C[C@@H]1CC(=O)c2c(ccc3c2[C@H]2O[C@@H](O3)c3c(OC(=O)c4ccccc4Br)cccc32)C1. The molecule has 12 rings (SSSR count). The van der Waals surface area contributed by atoms with Crippen molar-refractivity contribution in [3.05, 3.63) is 185 Å². The molecule has 0 fully saturated rings. The highest BCUT2D eigenvalue weighted by molar-refractivity contribution is 9.10. The van der Waals surface area contributed by atoms with Crippen LogP contribution >= 0.6 is 31.9 Å². The first-order valence-corrected chi connectivity index (χ1v) is 22.8. The topological polar surface area (TPSA) is 124 Å². The Morgan fingerprint density at radius 1 is 0.516 bits per heavy atom. The van der Waals surface area contributed by atoms with Gasteiger partial charge in [-0.05, 0) is 127 Å². The average Bonchev–Trinajstić information content (AvgIpc) is 3.75. The number of ketones is 2. The van der Waals surface area contributed by atoms with Crippen LogP contribution in [0, 0.1) is 11.8 Å². The highest BCUT2D eigenvalue weighted by Gasteiger charge is 2.47. The summed E-state index contributed by atoms with van der Waals surface area (Å²) in [5.41, 5.74) is 9.13. The molecular weight excluding hydrogens is 944 g/mol. The summed E-state index contributed by atoms with van der Waals surface area (Å²) >= 11 is 6.80. The Labute approximate surface area is 385 Å². The van der Waals surface area contributed by atoms with Crippen LogP contribution in [0.3, 0.4) is 0 Å². The summed E-state index contributed by atoms with van der Waals surface area (Å²) in [6.07, 6.45) is 0.540. The number of rotatable bonds is 4. The van der Waals surface area contributed by atoms with Gasteiger partial charge in [0.15, 0.2) is 11.6 Å².